The predicted molar refractivity (Wildman–Crippen MR) is 119 cm³/mol. The molecule has 0 fully saturated rings. The molecule has 2 heterocycles. The molecule has 2 aromatic heterocycles. The van der Waals surface area contributed by atoms with Crippen molar-refractivity contribution in [3.8, 4) is 11.3 Å². The Hall–Kier alpha value is -4.00. The van der Waals surface area contributed by atoms with Gasteiger partial charge in [-0.2, -0.15) is 10.2 Å². The summed E-state index contributed by atoms with van der Waals surface area (Å²) in [4.78, 5) is 12.4. The van der Waals surface area contributed by atoms with Gasteiger partial charge in [0.15, 0.2) is 0 Å². The average molecular weight is 415 g/mol. The lowest BCUT2D eigenvalue weighted by molar-refractivity contribution is -0.111. The molecule has 1 N–H and O–H groups in total. The van der Waals surface area contributed by atoms with Crippen molar-refractivity contribution >= 4 is 17.7 Å². The van der Waals surface area contributed by atoms with Gasteiger partial charge in [-0.1, -0.05) is 12.1 Å². The van der Waals surface area contributed by atoms with Crippen LogP contribution in [0.25, 0.3) is 17.3 Å². The highest BCUT2D eigenvalue weighted by molar-refractivity contribution is 6.02. The lowest BCUT2D eigenvalue weighted by Gasteiger charge is -2.06. The van der Waals surface area contributed by atoms with Crippen molar-refractivity contribution in [3.63, 3.8) is 0 Å². The van der Waals surface area contributed by atoms with Crippen molar-refractivity contribution < 1.29 is 9.18 Å². The second-order valence-corrected chi connectivity index (χ2v) is 7.12. The second kappa shape index (κ2) is 9.21. The summed E-state index contributed by atoms with van der Waals surface area (Å²) in [6.45, 7) is 0.808. The maximum absolute atomic E-state index is 13.2. The standard InChI is InChI=1S/C24H22FN5O/c1-29-24(19-5-8-21(25)9-6-19)20(17-27-29)7-12-23(31)28-22-10-3-18(4-11-22)13-16-30-15-2-14-26-30/h2-12,14-15,17H,13,16H2,1H3,(H,28,31). The van der Waals surface area contributed by atoms with Gasteiger partial charge in [0.05, 0.1) is 11.9 Å². The number of nitrogens with one attached hydrogen (secondary N) is 1. The molecule has 0 spiro atoms. The Bertz CT molecular complexity index is 1180. The number of rotatable bonds is 7. The smallest absolute Gasteiger partial charge is 0.248 e. The molecule has 4 aromatic rings. The zero-order valence-electron chi connectivity index (χ0n) is 17.1. The van der Waals surface area contributed by atoms with E-state index in [-0.39, 0.29) is 11.7 Å². The van der Waals surface area contributed by atoms with Crippen LogP contribution in [0.2, 0.25) is 0 Å². The fourth-order valence-corrected chi connectivity index (χ4v) is 3.32. The quantitative estimate of drug-likeness (QED) is 0.457. The molecule has 0 aliphatic carbocycles. The van der Waals surface area contributed by atoms with Crippen molar-refractivity contribution in [3.05, 3.63) is 96.2 Å². The molecule has 2 aromatic carbocycles. The van der Waals surface area contributed by atoms with E-state index in [1.807, 2.05) is 48.3 Å². The highest BCUT2D eigenvalue weighted by atomic mass is 19.1. The minimum absolute atomic E-state index is 0.238. The van der Waals surface area contributed by atoms with Crippen LogP contribution in [0.5, 0.6) is 0 Å². The van der Waals surface area contributed by atoms with Gasteiger partial charge < -0.3 is 5.32 Å². The van der Waals surface area contributed by atoms with E-state index in [0.29, 0.717) is 0 Å². The molecule has 7 heteroatoms. The summed E-state index contributed by atoms with van der Waals surface area (Å²) in [6, 6.07) is 15.9. The number of carbonyl (C=O) groups excluding carboxylic acids is 1. The Balaban J connectivity index is 1.38. The molecule has 0 saturated carbocycles. The fourth-order valence-electron chi connectivity index (χ4n) is 3.32. The number of carbonyl (C=O) groups is 1. The van der Waals surface area contributed by atoms with E-state index in [0.717, 1.165) is 35.5 Å². The molecule has 1 amide bonds. The van der Waals surface area contributed by atoms with Crippen molar-refractivity contribution in [2.45, 2.75) is 13.0 Å². The van der Waals surface area contributed by atoms with Crippen LogP contribution in [0.15, 0.2) is 79.3 Å². The number of aryl methyl sites for hydroxylation is 3. The van der Waals surface area contributed by atoms with Crippen LogP contribution in [-0.4, -0.2) is 25.5 Å². The molecule has 0 bridgehead atoms. The third-order valence-corrected chi connectivity index (χ3v) is 4.91. The number of hydrogen-bond donors (Lipinski definition) is 1. The Kier molecular flexibility index (Phi) is 6.03. The first kappa shape index (κ1) is 20.3. The maximum Gasteiger partial charge on any atom is 0.248 e. The van der Waals surface area contributed by atoms with Gasteiger partial charge in [-0.15, -0.1) is 0 Å². The van der Waals surface area contributed by atoms with Crippen molar-refractivity contribution in [1.29, 1.82) is 0 Å². The number of nitrogens with zero attached hydrogens (tertiary/aromatic N) is 4. The molecule has 0 atom stereocenters. The third kappa shape index (κ3) is 5.14. The van der Waals surface area contributed by atoms with Gasteiger partial charge in [-0.3, -0.25) is 14.2 Å². The SMILES string of the molecule is Cn1ncc(C=CC(=O)Nc2ccc(CCn3cccn3)cc2)c1-c1ccc(F)cc1. The van der Waals surface area contributed by atoms with E-state index in [4.69, 9.17) is 0 Å². The Morgan fingerprint density at radius 2 is 1.87 bits per heavy atom. The summed E-state index contributed by atoms with van der Waals surface area (Å²) < 4.78 is 16.8. The van der Waals surface area contributed by atoms with Crippen LogP contribution >= 0.6 is 0 Å². The van der Waals surface area contributed by atoms with Crippen molar-refractivity contribution in [2.24, 2.45) is 7.05 Å². The number of amides is 1. The second-order valence-electron chi connectivity index (χ2n) is 7.12. The molecule has 4 rings (SSSR count). The number of halogens is 1. The Morgan fingerprint density at radius 1 is 1.10 bits per heavy atom. The van der Waals surface area contributed by atoms with E-state index < -0.39 is 0 Å². The molecule has 0 radical (unpaired) electrons. The molecule has 0 unspecified atom stereocenters. The first-order chi connectivity index (χ1) is 15.1. The van der Waals surface area contributed by atoms with Crippen LogP contribution in [-0.2, 0) is 24.8 Å². The van der Waals surface area contributed by atoms with E-state index in [2.05, 4.69) is 15.5 Å². The highest BCUT2D eigenvalue weighted by Crippen LogP contribution is 2.24. The summed E-state index contributed by atoms with van der Waals surface area (Å²) in [5.74, 6) is -0.534. The summed E-state index contributed by atoms with van der Waals surface area (Å²) in [5.41, 5.74) is 4.31. The summed E-state index contributed by atoms with van der Waals surface area (Å²) in [7, 11) is 1.81. The lowest BCUT2D eigenvalue weighted by Crippen LogP contribution is -2.08. The molecule has 0 aliphatic rings. The minimum Gasteiger partial charge on any atom is -0.323 e. The third-order valence-electron chi connectivity index (χ3n) is 4.91. The lowest BCUT2D eigenvalue weighted by atomic mass is 10.1. The summed E-state index contributed by atoms with van der Waals surface area (Å²) in [6.07, 6.45) is 9.42. The monoisotopic (exact) mass is 415 g/mol. The number of benzene rings is 2. The first-order valence-electron chi connectivity index (χ1n) is 9.92. The molecule has 31 heavy (non-hydrogen) atoms. The van der Waals surface area contributed by atoms with Gasteiger partial charge in [0.1, 0.15) is 5.82 Å². The van der Waals surface area contributed by atoms with E-state index in [1.54, 1.807) is 35.3 Å². The highest BCUT2D eigenvalue weighted by Gasteiger charge is 2.09. The fraction of sp³-hybridized carbons (Fsp3) is 0.125. The molecular formula is C24H22FN5O. The van der Waals surface area contributed by atoms with Gasteiger partial charge in [0, 0.05) is 48.9 Å². The number of anilines is 1. The van der Waals surface area contributed by atoms with Crippen LogP contribution in [0.3, 0.4) is 0 Å². The molecule has 6 nitrogen and oxygen atoms in total. The van der Waals surface area contributed by atoms with E-state index in [9.17, 15) is 9.18 Å². The topological polar surface area (TPSA) is 64.7 Å². The first-order valence-corrected chi connectivity index (χ1v) is 9.92. The zero-order valence-corrected chi connectivity index (χ0v) is 17.1. The van der Waals surface area contributed by atoms with Crippen LogP contribution in [0, 0.1) is 5.82 Å². The van der Waals surface area contributed by atoms with Gasteiger partial charge in [-0.05, 0) is 60.5 Å². The van der Waals surface area contributed by atoms with E-state index >= 15 is 0 Å². The van der Waals surface area contributed by atoms with Crippen molar-refractivity contribution in [2.75, 3.05) is 5.32 Å². The normalized spacial score (nSPS) is 11.2. The van der Waals surface area contributed by atoms with Crippen LogP contribution in [0.1, 0.15) is 11.1 Å². The molecule has 0 saturated heterocycles. The minimum atomic E-state index is -0.296. The van der Waals surface area contributed by atoms with Gasteiger partial charge in [0.25, 0.3) is 0 Å². The van der Waals surface area contributed by atoms with Crippen LogP contribution in [0.4, 0.5) is 10.1 Å². The Morgan fingerprint density at radius 3 is 2.58 bits per heavy atom. The maximum atomic E-state index is 13.2. The zero-order chi connectivity index (χ0) is 21.6. The molecular weight excluding hydrogens is 393 g/mol. The Labute approximate surface area is 179 Å². The van der Waals surface area contributed by atoms with Crippen LogP contribution < -0.4 is 5.32 Å². The molecule has 0 aliphatic heterocycles. The predicted octanol–water partition coefficient (Wildman–Crippen LogP) is 4.32. The van der Waals surface area contributed by atoms with E-state index in [1.165, 1.54) is 23.8 Å². The van der Waals surface area contributed by atoms with Gasteiger partial charge in [-0.25, -0.2) is 4.39 Å². The summed E-state index contributed by atoms with van der Waals surface area (Å²) >= 11 is 0. The van der Waals surface area contributed by atoms with Gasteiger partial charge in [0.2, 0.25) is 5.91 Å². The summed E-state index contributed by atoms with van der Waals surface area (Å²) in [5, 5.41) is 11.3. The van der Waals surface area contributed by atoms with Crippen molar-refractivity contribution in [1.82, 2.24) is 19.6 Å². The number of aromatic nitrogens is 4. The molecule has 156 valence electrons. The number of hydrogen-bond acceptors (Lipinski definition) is 3. The largest absolute Gasteiger partial charge is 0.323 e. The average Bonchev–Trinajstić information content (AvgIpc) is 3.42. The van der Waals surface area contributed by atoms with Gasteiger partial charge >= 0.3 is 0 Å².